The molecular weight excluding hydrogens is 435 g/mol. The van der Waals surface area contributed by atoms with Gasteiger partial charge in [0.1, 0.15) is 5.82 Å². The topological polar surface area (TPSA) is 101 Å². The van der Waals surface area contributed by atoms with E-state index in [1.165, 1.54) is 25.1 Å². The Morgan fingerprint density at radius 3 is 2.34 bits per heavy atom. The first-order valence-electron chi connectivity index (χ1n) is 10.1. The zero-order valence-corrected chi connectivity index (χ0v) is 18.6. The summed E-state index contributed by atoms with van der Waals surface area (Å²) in [4.78, 5) is 15.8. The normalized spacial score (nSPS) is 15.2. The lowest BCUT2D eigenvalue weighted by molar-refractivity contribution is 0.101. The lowest BCUT2D eigenvalue weighted by Gasteiger charge is -2.35. The summed E-state index contributed by atoms with van der Waals surface area (Å²) in [5, 5.41) is 11.9. The molecule has 2 heterocycles. The van der Waals surface area contributed by atoms with Crippen molar-refractivity contribution in [1.29, 1.82) is 0 Å². The number of hydrogen-bond donors (Lipinski definition) is 0. The molecule has 0 atom stereocenters. The maximum atomic E-state index is 14.5. The van der Waals surface area contributed by atoms with Crippen LogP contribution in [0, 0.1) is 5.82 Å². The van der Waals surface area contributed by atoms with Gasteiger partial charge in [0.15, 0.2) is 21.4 Å². The molecule has 1 aliphatic rings. The molecule has 1 aliphatic heterocycles. The van der Waals surface area contributed by atoms with Gasteiger partial charge in [-0.3, -0.25) is 9.69 Å². The van der Waals surface area contributed by atoms with Crippen LogP contribution in [0.1, 0.15) is 23.1 Å². The maximum Gasteiger partial charge on any atom is 0.175 e. The Kier molecular flexibility index (Phi) is 6.02. The van der Waals surface area contributed by atoms with Crippen molar-refractivity contribution >= 4 is 21.3 Å². The molecule has 11 heteroatoms. The van der Waals surface area contributed by atoms with Gasteiger partial charge < -0.3 is 4.90 Å². The number of sulfone groups is 1. The minimum atomic E-state index is -3.28. The molecule has 1 saturated heterocycles. The molecule has 3 aromatic rings. The smallest absolute Gasteiger partial charge is 0.175 e. The number of piperazine rings is 1. The van der Waals surface area contributed by atoms with E-state index in [0.29, 0.717) is 55.5 Å². The van der Waals surface area contributed by atoms with Crippen LogP contribution in [0.3, 0.4) is 0 Å². The van der Waals surface area contributed by atoms with Crippen LogP contribution in [-0.4, -0.2) is 71.7 Å². The van der Waals surface area contributed by atoms with E-state index >= 15 is 0 Å². The highest BCUT2D eigenvalue weighted by Gasteiger charge is 2.22. The fraction of sp³-hybridized carbons (Fsp3) is 0.333. The number of aromatic nitrogens is 4. The Morgan fingerprint density at radius 2 is 1.75 bits per heavy atom. The number of Topliss-reactive ketones (excluding diaryl/α,β-unsaturated/α-hetero) is 1. The lowest BCUT2D eigenvalue weighted by atomic mass is 10.1. The van der Waals surface area contributed by atoms with E-state index in [1.54, 1.807) is 28.9 Å². The van der Waals surface area contributed by atoms with E-state index in [2.05, 4.69) is 20.4 Å². The van der Waals surface area contributed by atoms with Crippen LogP contribution in [-0.2, 0) is 16.4 Å². The molecule has 0 aliphatic carbocycles. The summed E-state index contributed by atoms with van der Waals surface area (Å²) in [6.07, 6.45) is 1.16. The number of halogens is 1. The average Bonchev–Trinajstić information content (AvgIpc) is 3.22. The Labute approximate surface area is 185 Å². The van der Waals surface area contributed by atoms with Crippen molar-refractivity contribution in [1.82, 2.24) is 25.1 Å². The molecule has 9 nitrogen and oxygen atoms in total. The molecule has 168 valence electrons. The van der Waals surface area contributed by atoms with Crippen molar-refractivity contribution in [3.8, 4) is 5.69 Å². The highest BCUT2D eigenvalue weighted by molar-refractivity contribution is 7.90. The van der Waals surface area contributed by atoms with Crippen LogP contribution in [0.15, 0.2) is 47.4 Å². The number of tetrazole rings is 1. The zero-order chi connectivity index (χ0) is 22.9. The quantitative estimate of drug-likeness (QED) is 0.515. The first-order chi connectivity index (χ1) is 15.2. The second kappa shape index (κ2) is 8.75. The third-order valence-corrected chi connectivity index (χ3v) is 6.60. The van der Waals surface area contributed by atoms with Gasteiger partial charge in [0, 0.05) is 38.0 Å². The summed E-state index contributed by atoms with van der Waals surface area (Å²) in [5.41, 5.74) is 1.52. The van der Waals surface area contributed by atoms with E-state index in [-0.39, 0.29) is 10.7 Å². The van der Waals surface area contributed by atoms with E-state index < -0.39 is 15.7 Å². The van der Waals surface area contributed by atoms with Gasteiger partial charge in [0.05, 0.1) is 22.8 Å². The van der Waals surface area contributed by atoms with Crippen LogP contribution in [0.2, 0.25) is 0 Å². The van der Waals surface area contributed by atoms with E-state index in [1.807, 2.05) is 4.90 Å². The number of benzene rings is 2. The molecule has 32 heavy (non-hydrogen) atoms. The minimum absolute atomic E-state index is 0.163. The summed E-state index contributed by atoms with van der Waals surface area (Å²) < 4.78 is 39.4. The van der Waals surface area contributed by atoms with Crippen molar-refractivity contribution in [2.75, 3.05) is 37.3 Å². The number of anilines is 1. The monoisotopic (exact) mass is 458 g/mol. The SMILES string of the molecule is CC(=O)c1ccc(N2CCN(Cc3nnnn3-c3ccc(S(C)(=O)=O)cc3)CC2)c(F)c1. The van der Waals surface area contributed by atoms with Gasteiger partial charge in [0.2, 0.25) is 0 Å². The summed E-state index contributed by atoms with van der Waals surface area (Å²) in [6.45, 7) is 4.55. The number of nitrogens with zero attached hydrogens (tertiary/aromatic N) is 6. The van der Waals surface area contributed by atoms with Crippen molar-refractivity contribution < 1.29 is 17.6 Å². The lowest BCUT2D eigenvalue weighted by Crippen LogP contribution is -2.46. The van der Waals surface area contributed by atoms with Crippen LogP contribution >= 0.6 is 0 Å². The molecular formula is C21H23FN6O3S. The summed E-state index contributed by atoms with van der Waals surface area (Å²) in [5.74, 6) is 0.0686. The molecule has 1 aromatic heterocycles. The van der Waals surface area contributed by atoms with Crippen LogP contribution in [0.4, 0.5) is 10.1 Å². The molecule has 0 spiro atoms. The summed E-state index contributed by atoms with van der Waals surface area (Å²) in [6, 6.07) is 11.0. The minimum Gasteiger partial charge on any atom is -0.367 e. The third-order valence-electron chi connectivity index (χ3n) is 5.48. The van der Waals surface area contributed by atoms with Crippen LogP contribution < -0.4 is 4.90 Å². The number of hydrogen-bond acceptors (Lipinski definition) is 8. The summed E-state index contributed by atoms with van der Waals surface area (Å²) in [7, 11) is -3.28. The second-order valence-corrected chi connectivity index (χ2v) is 9.77. The molecule has 1 fully saturated rings. The molecule has 4 rings (SSSR count). The fourth-order valence-corrected chi connectivity index (χ4v) is 4.30. The molecule has 0 amide bonds. The highest BCUT2D eigenvalue weighted by atomic mass is 32.2. The third kappa shape index (κ3) is 4.68. The zero-order valence-electron chi connectivity index (χ0n) is 17.8. The van der Waals surface area contributed by atoms with Gasteiger partial charge in [0.25, 0.3) is 0 Å². The Bertz CT molecular complexity index is 1230. The van der Waals surface area contributed by atoms with Gasteiger partial charge in [-0.2, -0.15) is 4.68 Å². The standard InChI is InChI=1S/C21H23FN6O3S/c1-15(29)16-3-8-20(19(22)13-16)27-11-9-26(10-12-27)14-21-23-24-25-28(21)17-4-6-18(7-5-17)32(2,30)31/h3-8,13H,9-12,14H2,1-2H3. The first kappa shape index (κ1) is 22.0. The van der Waals surface area contributed by atoms with Gasteiger partial charge >= 0.3 is 0 Å². The number of carbonyl (C=O) groups excluding carboxylic acids is 1. The number of rotatable bonds is 6. The fourth-order valence-electron chi connectivity index (χ4n) is 3.67. The van der Waals surface area contributed by atoms with Crippen molar-refractivity contribution in [3.63, 3.8) is 0 Å². The first-order valence-corrected chi connectivity index (χ1v) is 12.0. The molecule has 0 saturated carbocycles. The second-order valence-electron chi connectivity index (χ2n) is 7.76. The Morgan fingerprint density at radius 1 is 1.06 bits per heavy atom. The predicted molar refractivity (Wildman–Crippen MR) is 116 cm³/mol. The Balaban J connectivity index is 1.42. The average molecular weight is 459 g/mol. The van der Waals surface area contributed by atoms with Crippen LogP contribution in [0.25, 0.3) is 5.69 Å². The Hall–Kier alpha value is -3.18. The molecule has 0 radical (unpaired) electrons. The van der Waals surface area contributed by atoms with Gasteiger partial charge in [-0.05, 0) is 59.8 Å². The molecule has 0 unspecified atom stereocenters. The van der Waals surface area contributed by atoms with E-state index in [9.17, 15) is 17.6 Å². The van der Waals surface area contributed by atoms with Gasteiger partial charge in [-0.1, -0.05) is 0 Å². The van der Waals surface area contributed by atoms with Crippen LogP contribution in [0.5, 0.6) is 0 Å². The largest absolute Gasteiger partial charge is 0.367 e. The highest BCUT2D eigenvalue weighted by Crippen LogP contribution is 2.23. The van der Waals surface area contributed by atoms with Crippen molar-refractivity contribution in [2.45, 2.75) is 18.4 Å². The van der Waals surface area contributed by atoms with Crippen molar-refractivity contribution in [2.24, 2.45) is 0 Å². The van der Waals surface area contributed by atoms with E-state index in [0.717, 1.165) is 6.26 Å². The van der Waals surface area contributed by atoms with Gasteiger partial charge in [-0.25, -0.2) is 12.8 Å². The van der Waals surface area contributed by atoms with Crippen molar-refractivity contribution in [3.05, 3.63) is 59.7 Å². The van der Waals surface area contributed by atoms with Gasteiger partial charge in [-0.15, -0.1) is 5.10 Å². The molecule has 0 N–H and O–H groups in total. The number of ketones is 1. The molecule has 2 aromatic carbocycles. The molecule has 0 bridgehead atoms. The summed E-state index contributed by atoms with van der Waals surface area (Å²) >= 11 is 0. The number of carbonyl (C=O) groups is 1. The van der Waals surface area contributed by atoms with E-state index in [4.69, 9.17) is 0 Å². The predicted octanol–water partition coefficient (Wildman–Crippen LogP) is 1.73. The maximum absolute atomic E-state index is 14.5.